The van der Waals surface area contributed by atoms with E-state index >= 15 is 0 Å². The Bertz CT molecular complexity index is 929. The number of aromatic nitrogens is 2. The summed E-state index contributed by atoms with van der Waals surface area (Å²) >= 11 is 0. The predicted molar refractivity (Wildman–Crippen MR) is 120 cm³/mol. The lowest BCUT2D eigenvalue weighted by Crippen LogP contribution is -2.38. The van der Waals surface area contributed by atoms with E-state index in [0.717, 1.165) is 36.1 Å². The maximum absolute atomic E-state index is 4.53. The van der Waals surface area contributed by atoms with Crippen LogP contribution in [0.15, 0.2) is 65.8 Å². The molecule has 0 radical (unpaired) electrons. The molecule has 0 spiro atoms. The summed E-state index contributed by atoms with van der Waals surface area (Å²) in [5.41, 5.74) is 4.75. The molecule has 6 heteroatoms. The number of aromatic amines is 1. The van der Waals surface area contributed by atoms with Gasteiger partial charge < -0.3 is 20.1 Å². The average Bonchev–Trinajstić information content (AvgIpc) is 3.18. The quantitative estimate of drug-likeness (QED) is 0.480. The smallest absolute Gasteiger partial charge is 0.194 e. The second-order valence-corrected chi connectivity index (χ2v) is 7.37. The van der Waals surface area contributed by atoms with Crippen LogP contribution in [0.25, 0.3) is 11.3 Å². The summed E-state index contributed by atoms with van der Waals surface area (Å²) in [4.78, 5) is 16.6. The van der Waals surface area contributed by atoms with Gasteiger partial charge >= 0.3 is 0 Å². The minimum atomic E-state index is 0.645. The monoisotopic (exact) mass is 390 g/mol. The number of nitrogens with one attached hydrogen (secondary N) is 2. The maximum atomic E-state index is 4.53. The van der Waals surface area contributed by atoms with Crippen LogP contribution in [-0.4, -0.2) is 53.9 Å². The van der Waals surface area contributed by atoms with Gasteiger partial charge in [-0.2, -0.15) is 0 Å². The minimum absolute atomic E-state index is 0.645. The maximum Gasteiger partial charge on any atom is 0.194 e. The third-order valence-electron chi connectivity index (χ3n) is 4.72. The van der Waals surface area contributed by atoms with E-state index < -0.39 is 0 Å². The van der Waals surface area contributed by atoms with E-state index in [4.69, 9.17) is 0 Å². The molecule has 1 aromatic heterocycles. The molecule has 0 saturated heterocycles. The first kappa shape index (κ1) is 20.6. The standard InChI is InChI=1S/C23H30N6/c1-24-23(26-14-19-12-8-9-13-20(19)16-28(2)3)29(4)17-22-25-15-21(27-22)18-10-6-5-7-11-18/h5-13,15H,14,16-17H2,1-4H3,(H,24,26)(H,25,27). The molecule has 0 saturated carbocycles. The van der Waals surface area contributed by atoms with E-state index in [1.54, 1.807) is 0 Å². The van der Waals surface area contributed by atoms with Gasteiger partial charge in [0.15, 0.2) is 5.96 Å². The van der Waals surface area contributed by atoms with Gasteiger partial charge in [0.05, 0.1) is 18.4 Å². The van der Waals surface area contributed by atoms with Crippen molar-refractivity contribution in [3.8, 4) is 11.3 Å². The zero-order valence-corrected chi connectivity index (χ0v) is 17.7. The van der Waals surface area contributed by atoms with Crippen molar-refractivity contribution in [3.63, 3.8) is 0 Å². The van der Waals surface area contributed by atoms with Crippen molar-refractivity contribution in [2.75, 3.05) is 28.2 Å². The van der Waals surface area contributed by atoms with Crippen molar-refractivity contribution in [1.29, 1.82) is 0 Å². The molecule has 1 heterocycles. The summed E-state index contributed by atoms with van der Waals surface area (Å²) < 4.78 is 0. The molecule has 152 valence electrons. The van der Waals surface area contributed by atoms with Crippen LogP contribution in [0.1, 0.15) is 17.0 Å². The van der Waals surface area contributed by atoms with Crippen LogP contribution in [0.3, 0.4) is 0 Å². The van der Waals surface area contributed by atoms with Crippen LogP contribution in [0.4, 0.5) is 0 Å². The molecule has 29 heavy (non-hydrogen) atoms. The Hall–Kier alpha value is -3.12. The number of benzene rings is 2. The predicted octanol–water partition coefficient (Wildman–Crippen LogP) is 3.35. The Morgan fingerprint density at radius 2 is 1.66 bits per heavy atom. The van der Waals surface area contributed by atoms with Gasteiger partial charge in [0.2, 0.25) is 0 Å². The third kappa shape index (κ3) is 5.68. The third-order valence-corrected chi connectivity index (χ3v) is 4.72. The number of H-pyrrole nitrogens is 1. The summed E-state index contributed by atoms with van der Waals surface area (Å²) in [7, 11) is 8.00. The first-order chi connectivity index (χ1) is 14.1. The van der Waals surface area contributed by atoms with E-state index in [1.807, 2.05) is 38.5 Å². The number of hydrogen-bond acceptors (Lipinski definition) is 3. The van der Waals surface area contributed by atoms with Crippen molar-refractivity contribution in [3.05, 3.63) is 77.7 Å². The molecule has 0 aliphatic carbocycles. The largest absolute Gasteiger partial charge is 0.352 e. The van der Waals surface area contributed by atoms with E-state index in [9.17, 15) is 0 Å². The number of rotatable bonds is 7. The molecular formula is C23H30N6. The molecule has 2 N–H and O–H groups in total. The normalized spacial score (nSPS) is 11.7. The van der Waals surface area contributed by atoms with Crippen LogP contribution in [0.5, 0.6) is 0 Å². The zero-order valence-electron chi connectivity index (χ0n) is 17.7. The molecule has 2 aromatic carbocycles. The van der Waals surface area contributed by atoms with Crippen molar-refractivity contribution in [1.82, 2.24) is 25.1 Å². The van der Waals surface area contributed by atoms with Crippen LogP contribution in [-0.2, 0) is 19.6 Å². The first-order valence-electron chi connectivity index (χ1n) is 9.79. The van der Waals surface area contributed by atoms with E-state index in [1.165, 1.54) is 11.1 Å². The highest BCUT2D eigenvalue weighted by Crippen LogP contribution is 2.16. The number of hydrogen-bond donors (Lipinski definition) is 2. The Morgan fingerprint density at radius 1 is 0.966 bits per heavy atom. The van der Waals surface area contributed by atoms with Gasteiger partial charge in [0.1, 0.15) is 5.82 Å². The average molecular weight is 391 g/mol. The highest BCUT2D eigenvalue weighted by Gasteiger charge is 2.11. The number of imidazole rings is 1. The van der Waals surface area contributed by atoms with Crippen LogP contribution >= 0.6 is 0 Å². The summed E-state index contributed by atoms with van der Waals surface area (Å²) in [6.45, 7) is 2.29. The minimum Gasteiger partial charge on any atom is -0.352 e. The lowest BCUT2D eigenvalue weighted by atomic mass is 10.1. The van der Waals surface area contributed by atoms with Crippen molar-refractivity contribution in [2.24, 2.45) is 4.99 Å². The van der Waals surface area contributed by atoms with Crippen molar-refractivity contribution in [2.45, 2.75) is 19.6 Å². The van der Waals surface area contributed by atoms with Crippen molar-refractivity contribution >= 4 is 5.96 Å². The van der Waals surface area contributed by atoms with Crippen LogP contribution in [0, 0.1) is 0 Å². The molecule has 6 nitrogen and oxygen atoms in total. The summed E-state index contributed by atoms with van der Waals surface area (Å²) in [6, 6.07) is 18.7. The molecule has 0 atom stereocenters. The van der Waals surface area contributed by atoms with Gasteiger partial charge in [-0.05, 0) is 30.8 Å². The van der Waals surface area contributed by atoms with E-state index in [2.05, 4.69) is 80.6 Å². The Labute approximate surface area is 173 Å². The lowest BCUT2D eigenvalue weighted by molar-refractivity contribution is 0.400. The molecule has 0 aliphatic heterocycles. The Balaban J connectivity index is 1.62. The van der Waals surface area contributed by atoms with E-state index in [0.29, 0.717) is 6.54 Å². The fraction of sp³-hybridized carbons (Fsp3) is 0.304. The van der Waals surface area contributed by atoms with E-state index in [-0.39, 0.29) is 0 Å². The lowest BCUT2D eigenvalue weighted by Gasteiger charge is -2.22. The molecule has 0 aliphatic rings. The molecule has 0 bridgehead atoms. The van der Waals surface area contributed by atoms with Gasteiger partial charge in [0.25, 0.3) is 0 Å². The summed E-state index contributed by atoms with van der Waals surface area (Å²) in [6.07, 6.45) is 1.88. The molecule has 0 fully saturated rings. The molecule has 0 unspecified atom stereocenters. The summed E-state index contributed by atoms with van der Waals surface area (Å²) in [5, 5.41) is 3.47. The molecule has 3 aromatic rings. The number of nitrogens with zero attached hydrogens (tertiary/aromatic N) is 4. The number of aliphatic imine (C=N–C) groups is 1. The highest BCUT2D eigenvalue weighted by molar-refractivity contribution is 5.79. The molecule has 0 amide bonds. The fourth-order valence-corrected chi connectivity index (χ4v) is 3.29. The summed E-state index contributed by atoms with van der Waals surface area (Å²) in [5.74, 6) is 1.74. The highest BCUT2D eigenvalue weighted by atomic mass is 15.3. The second-order valence-electron chi connectivity index (χ2n) is 7.37. The van der Waals surface area contributed by atoms with Gasteiger partial charge in [-0.3, -0.25) is 4.99 Å². The Kier molecular flexibility index (Phi) is 7.03. The van der Waals surface area contributed by atoms with Crippen LogP contribution in [0.2, 0.25) is 0 Å². The fourth-order valence-electron chi connectivity index (χ4n) is 3.29. The molecule has 3 rings (SSSR count). The van der Waals surface area contributed by atoms with Crippen molar-refractivity contribution < 1.29 is 0 Å². The Morgan fingerprint density at radius 3 is 2.34 bits per heavy atom. The SMILES string of the molecule is CN=C(NCc1ccccc1CN(C)C)N(C)Cc1ncc(-c2ccccc2)[nH]1. The second kappa shape index (κ2) is 9.89. The van der Waals surface area contributed by atoms with Gasteiger partial charge in [0, 0.05) is 27.2 Å². The topological polar surface area (TPSA) is 59.6 Å². The zero-order chi connectivity index (χ0) is 20.6. The van der Waals surface area contributed by atoms with Gasteiger partial charge in [-0.15, -0.1) is 0 Å². The van der Waals surface area contributed by atoms with Gasteiger partial charge in [-0.1, -0.05) is 54.6 Å². The first-order valence-corrected chi connectivity index (χ1v) is 9.79. The molecular weight excluding hydrogens is 360 g/mol. The van der Waals surface area contributed by atoms with Crippen LogP contribution < -0.4 is 5.32 Å². The van der Waals surface area contributed by atoms with Gasteiger partial charge in [-0.25, -0.2) is 4.98 Å². The number of guanidine groups is 1.